The maximum Gasteiger partial charge on any atom is 0.208 e. The summed E-state index contributed by atoms with van der Waals surface area (Å²) in [5.41, 5.74) is 0.953. The van der Waals surface area contributed by atoms with Crippen molar-refractivity contribution in [3.05, 3.63) is 35.6 Å². The van der Waals surface area contributed by atoms with E-state index in [1.165, 1.54) is 0 Å². The Bertz CT molecular complexity index is 453. The van der Waals surface area contributed by atoms with Crippen molar-refractivity contribution in [2.45, 2.75) is 26.9 Å². The van der Waals surface area contributed by atoms with Gasteiger partial charge in [0.25, 0.3) is 0 Å². The SMILES string of the molecule is Cc1nc(CNCc2nccn2C)oc1C. The Morgan fingerprint density at radius 3 is 2.75 bits per heavy atom. The molecule has 0 amide bonds. The van der Waals surface area contributed by atoms with Crippen LogP contribution in [0, 0.1) is 13.8 Å². The average Bonchev–Trinajstić information content (AvgIpc) is 2.76. The molecule has 5 heteroatoms. The number of imidazole rings is 1. The first kappa shape index (κ1) is 10.9. The minimum Gasteiger partial charge on any atom is -0.444 e. The summed E-state index contributed by atoms with van der Waals surface area (Å²) in [4.78, 5) is 8.51. The molecule has 2 aromatic heterocycles. The Morgan fingerprint density at radius 2 is 2.19 bits per heavy atom. The van der Waals surface area contributed by atoms with Gasteiger partial charge in [-0.05, 0) is 13.8 Å². The molecule has 0 aromatic carbocycles. The van der Waals surface area contributed by atoms with E-state index < -0.39 is 0 Å². The van der Waals surface area contributed by atoms with E-state index in [1.807, 2.05) is 31.7 Å². The van der Waals surface area contributed by atoms with Crippen LogP contribution in [0.2, 0.25) is 0 Å². The molecule has 0 unspecified atom stereocenters. The molecule has 0 atom stereocenters. The van der Waals surface area contributed by atoms with E-state index >= 15 is 0 Å². The lowest BCUT2D eigenvalue weighted by Gasteiger charge is -2.02. The minimum atomic E-state index is 0.627. The highest BCUT2D eigenvalue weighted by molar-refractivity contribution is 5.05. The molecule has 0 bridgehead atoms. The quantitative estimate of drug-likeness (QED) is 0.844. The number of nitrogens with zero attached hydrogens (tertiary/aromatic N) is 3. The molecule has 16 heavy (non-hydrogen) atoms. The fourth-order valence-electron chi connectivity index (χ4n) is 1.46. The van der Waals surface area contributed by atoms with Gasteiger partial charge in [0.2, 0.25) is 5.89 Å². The summed E-state index contributed by atoms with van der Waals surface area (Å²) in [6.45, 7) is 5.21. The van der Waals surface area contributed by atoms with Gasteiger partial charge in [-0.2, -0.15) is 0 Å². The molecule has 2 rings (SSSR count). The zero-order chi connectivity index (χ0) is 11.5. The van der Waals surface area contributed by atoms with Gasteiger partial charge in [0.05, 0.1) is 18.8 Å². The van der Waals surface area contributed by atoms with Crippen molar-refractivity contribution in [1.82, 2.24) is 19.9 Å². The number of oxazole rings is 1. The summed E-state index contributed by atoms with van der Waals surface area (Å²) < 4.78 is 7.45. The molecule has 86 valence electrons. The smallest absolute Gasteiger partial charge is 0.208 e. The van der Waals surface area contributed by atoms with Gasteiger partial charge in [0.15, 0.2) is 0 Å². The van der Waals surface area contributed by atoms with Gasteiger partial charge < -0.3 is 14.3 Å². The number of aryl methyl sites for hydroxylation is 3. The molecule has 0 spiro atoms. The zero-order valence-electron chi connectivity index (χ0n) is 9.82. The van der Waals surface area contributed by atoms with E-state index in [0.29, 0.717) is 13.1 Å². The monoisotopic (exact) mass is 220 g/mol. The van der Waals surface area contributed by atoms with E-state index in [0.717, 1.165) is 23.2 Å². The first-order valence-corrected chi connectivity index (χ1v) is 5.26. The second-order valence-electron chi connectivity index (χ2n) is 3.81. The first-order valence-electron chi connectivity index (χ1n) is 5.26. The standard InChI is InChI=1S/C11H16N4O/c1-8-9(2)16-11(14-8)7-12-6-10-13-4-5-15(10)3/h4-5,12H,6-7H2,1-3H3. The molecule has 0 saturated carbocycles. The van der Waals surface area contributed by atoms with Gasteiger partial charge >= 0.3 is 0 Å². The summed E-state index contributed by atoms with van der Waals surface area (Å²) in [6, 6.07) is 0. The van der Waals surface area contributed by atoms with Crippen molar-refractivity contribution >= 4 is 0 Å². The van der Waals surface area contributed by atoms with Crippen LogP contribution in [0.5, 0.6) is 0 Å². The highest BCUT2D eigenvalue weighted by Crippen LogP contribution is 2.07. The molecule has 0 fully saturated rings. The fourth-order valence-corrected chi connectivity index (χ4v) is 1.46. The Labute approximate surface area is 94.5 Å². The van der Waals surface area contributed by atoms with Crippen LogP contribution in [0.4, 0.5) is 0 Å². The Hall–Kier alpha value is -1.62. The maximum absolute atomic E-state index is 5.46. The normalized spacial score (nSPS) is 10.9. The maximum atomic E-state index is 5.46. The molecule has 2 heterocycles. The Kier molecular flexibility index (Phi) is 3.05. The van der Waals surface area contributed by atoms with Gasteiger partial charge in [0.1, 0.15) is 11.6 Å². The summed E-state index contributed by atoms with van der Waals surface area (Å²) >= 11 is 0. The molecule has 0 aliphatic rings. The lowest BCUT2D eigenvalue weighted by molar-refractivity contribution is 0.445. The van der Waals surface area contributed by atoms with Crippen LogP contribution in [0.25, 0.3) is 0 Å². The largest absolute Gasteiger partial charge is 0.444 e. The molecule has 5 nitrogen and oxygen atoms in total. The van der Waals surface area contributed by atoms with E-state index in [1.54, 1.807) is 6.20 Å². The van der Waals surface area contributed by atoms with Crippen molar-refractivity contribution in [3.8, 4) is 0 Å². The van der Waals surface area contributed by atoms with Crippen LogP contribution in [0.15, 0.2) is 16.8 Å². The summed E-state index contributed by atoms with van der Waals surface area (Å²) in [7, 11) is 1.98. The van der Waals surface area contributed by atoms with Crippen LogP contribution >= 0.6 is 0 Å². The van der Waals surface area contributed by atoms with Gasteiger partial charge in [-0.3, -0.25) is 0 Å². The van der Waals surface area contributed by atoms with Crippen LogP contribution in [-0.2, 0) is 20.1 Å². The number of hydrogen-bond donors (Lipinski definition) is 1. The molecule has 2 aromatic rings. The van der Waals surface area contributed by atoms with Crippen LogP contribution < -0.4 is 5.32 Å². The predicted molar refractivity (Wildman–Crippen MR) is 59.7 cm³/mol. The van der Waals surface area contributed by atoms with E-state index in [2.05, 4.69) is 15.3 Å². The Morgan fingerprint density at radius 1 is 1.38 bits per heavy atom. The van der Waals surface area contributed by atoms with Crippen molar-refractivity contribution in [1.29, 1.82) is 0 Å². The van der Waals surface area contributed by atoms with E-state index in [9.17, 15) is 0 Å². The number of aromatic nitrogens is 3. The molecule has 0 radical (unpaired) electrons. The summed E-state index contributed by atoms with van der Waals surface area (Å²) in [6.07, 6.45) is 3.72. The topological polar surface area (TPSA) is 55.9 Å². The van der Waals surface area contributed by atoms with Gasteiger partial charge in [-0.1, -0.05) is 0 Å². The van der Waals surface area contributed by atoms with E-state index in [4.69, 9.17) is 4.42 Å². The highest BCUT2D eigenvalue weighted by atomic mass is 16.4. The predicted octanol–water partition coefficient (Wildman–Crippen LogP) is 1.31. The van der Waals surface area contributed by atoms with Crippen molar-refractivity contribution in [3.63, 3.8) is 0 Å². The van der Waals surface area contributed by atoms with Crippen LogP contribution in [0.3, 0.4) is 0 Å². The van der Waals surface area contributed by atoms with Crippen molar-refractivity contribution in [2.24, 2.45) is 7.05 Å². The number of nitrogens with one attached hydrogen (secondary N) is 1. The van der Waals surface area contributed by atoms with Crippen molar-refractivity contribution < 1.29 is 4.42 Å². The second kappa shape index (κ2) is 4.49. The number of rotatable bonds is 4. The third kappa shape index (κ3) is 2.30. The highest BCUT2D eigenvalue weighted by Gasteiger charge is 2.05. The van der Waals surface area contributed by atoms with Crippen LogP contribution in [0.1, 0.15) is 23.2 Å². The second-order valence-corrected chi connectivity index (χ2v) is 3.81. The van der Waals surface area contributed by atoms with Gasteiger partial charge in [-0.15, -0.1) is 0 Å². The summed E-state index contributed by atoms with van der Waals surface area (Å²) in [5.74, 6) is 2.61. The minimum absolute atomic E-state index is 0.627. The molecule has 0 aliphatic carbocycles. The lowest BCUT2D eigenvalue weighted by atomic mass is 10.4. The molecular formula is C11H16N4O. The summed E-state index contributed by atoms with van der Waals surface area (Å²) in [5, 5.41) is 3.25. The fraction of sp³-hybridized carbons (Fsp3) is 0.455. The van der Waals surface area contributed by atoms with Crippen molar-refractivity contribution in [2.75, 3.05) is 0 Å². The van der Waals surface area contributed by atoms with E-state index in [-0.39, 0.29) is 0 Å². The average molecular weight is 220 g/mol. The molecule has 1 N–H and O–H groups in total. The van der Waals surface area contributed by atoms with Gasteiger partial charge in [0, 0.05) is 19.4 Å². The molecule has 0 aliphatic heterocycles. The number of hydrogen-bond acceptors (Lipinski definition) is 4. The van der Waals surface area contributed by atoms with Crippen LogP contribution in [-0.4, -0.2) is 14.5 Å². The third-order valence-corrected chi connectivity index (χ3v) is 2.55. The zero-order valence-corrected chi connectivity index (χ0v) is 9.82. The lowest BCUT2D eigenvalue weighted by Crippen LogP contribution is -2.15. The molecule has 0 saturated heterocycles. The van der Waals surface area contributed by atoms with Gasteiger partial charge in [-0.25, -0.2) is 9.97 Å². The third-order valence-electron chi connectivity index (χ3n) is 2.55. The first-order chi connectivity index (χ1) is 7.66. The molecular weight excluding hydrogens is 204 g/mol. The Balaban J connectivity index is 1.87.